The Bertz CT molecular complexity index is 1030. The van der Waals surface area contributed by atoms with Gasteiger partial charge in [-0.25, -0.2) is 4.98 Å². The molecular formula is C20H24N4O3S2. The third-order valence-corrected chi connectivity index (χ3v) is 7.28. The average molecular weight is 433 g/mol. The van der Waals surface area contributed by atoms with Gasteiger partial charge in [0, 0.05) is 38.2 Å². The first-order chi connectivity index (χ1) is 14.1. The van der Waals surface area contributed by atoms with Crippen molar-refractivity contribution >= 4 is 38.8 Å². The molecular weight excluding hydrogens is 408 g/mol. The number of hydrogen-bond donors (Lipinski definition) is 1. The molecule has 9 heteroatoms. The van der Waals surface area contributed by atoms with Crippen LogP contribution in [0.4, 0.5) is 0 Å². The molecule has 0 aliphatic carbocycles. The number of aromatic nitrogens is 2. The standard InChI is InChI=1S/C20H24N4O3S2/c1-12-16-19(27-3)22-15(11-26-2)23-20(16)29-17(12)18(25)21-6-8-24-7-4-14-13(10-24)5-9-28-14/h5,9H,4,6-8,10-11H2,1-3H3,(H,21,25). The number of carbonyl (C=O) groups excluding carboxylic acids is 1. The second-order valence-corrected chi connectivity index (χ2v) is 8.97. The molecule has 4 rings (SSSR count). The quantitative estimate of drug-likeness (QED) is 0.619. The largest absolute Gasteiger partial charge is 0.480 e. The highest BCUT2D eigenvalue weighted by Crippen LogP contribution is 2.35. The van der Waals surface area contributed by atoms with E-state index in [1.54, 1.807) is 14.2 Å². The van der Waals surface area contributed by atoms with E-state index in [-0.39, 0.29) is 5.91 Å². The topological polar surface area (TPSA) is 76.6 Å². The molecule has 1 aliphatic rings. The Labute approximate surface area is 177 Å². The normalized spacial score (nSPS) is 14.2. The van der Waals surface area contributed by atoms with Crippen molar-refractivity contribution < 1.29 is 14.3 Å². The molecule has 0 aromatic carbocycles. The number of amides is 1. The SMILES string of the molecule is COCc1nc(OC)c2c(C)c(C(=O)NCCN3CCc4sccc4C3)sc2n1. The van der Waals surface area contributed by atoms with Crippen LogP contribution >= 0.6 is 22.7 Å². The molecule has 0 atom stereocenters. The zero-order valence-corrected chi connectivity index (χ0v) is 18.4. The van der Waals surface area contributed by atoms with Crippen LogP contribution in [0.15, 0.2) is 11.4 Å². The van der Waals surface area contributed by atoms with Gasteiger partial charge in [-0.2, -0.15) is 4.98 Å². The fourth-order valence-electron chi connectivity index (χ4n) is 3.61. The van der Waals surface area contributed by atoms with E-state index < -0.39 is 0 Å². The summed E-state index contributed by atoms with van der Waals surface area (Å²) in [5.74, 6) is 0.951. The summed E-state index contributed by atoms with van der Waals surface area (Å²) in [5, 5.41) is 6.02. The van der Waals surface area contributed by atoms with Gasteiger partial charge in [-0.15, -0.1) is 22.7 Å². The van der Waals surface area contributed by atoms with Crippen LogP contribution in [0.2, 0.25) is 0 Å². The van der Waals surface area contributed by atoms with E-state index in [4.69, 9.17) is 9.47 Å². The van der Waals surface area contributed by atoms with Crippen molar-refractivity contribution in [2.45, 2.75) is 26.5 Å². The van der Waals surface area contributed by atoms with Crippen LogP contribution in [-0.2, 0) is 24.3 Å². The number of nitrogens with one attached hydrogen (secondary N) is 1. The summed E-state index contributed by atoms with van der Waals surface area (Å²) in [7, 11) is 3.17. The second-order valence-electron chi connectivity index (χ2n) is 6.97. The third kappa shape index (κ3) is 4.13. The molecule has 1 amide bonds. The van der Waals surface area contributed by atoms with Crippen molar-refractivity contribution in [3.05, 3.63) is 38.2 Å². The summed E-state index contributed by atoms with van der Waals surface area (Å²) in [5.41, 5.74) is 2.27. The van der Waals surface area contributed by atoms with Crippen molar-refractivity contribution in [3.63, 3.8) is 0 Å². The highest BCUT2D eigenvalue weighted by Gasteiger charge is 2.22. The van der Waals surface area contributed by atoms with Gasteiger partial charge in [-0.1, -0.05) is 0 Å². The summed E-state index contributed by atoms with van der Waals surface area (Å²) in [6.45, 7) is 5.67. The lowest BCUT2D eigenvalue weighted by Gasteiger charge is -2.26. The maximum Gasteiger partial charge on any atom is 0.261 e. The lowest BCUT2D eigenvalue weighted by Crippen LogP contribution is -2.37. The van der Waals surface area contributed by atoms with Gasteiger partial charge in [-0.3, -0.25) is 9.69 Å². The smallest absolute Gasteiger partial charge is 0.261 e. The van der Waals surface area contributed by atoms with E-state index in [1.807, 2.05) is 18.3 Å². The van der Waals surface area contributed by atoms with Gasteiger partial charge in [0.1, 0.15) is 11.4 Å². The van der Waals surface area contributed by atoms with E-state index >= 15 is 0 Å². The number of nitrogens with zero attached hydrogens (tertiary/aromatic N) is 3. The Morgan fingerprint density at radius 3 is 3.00 bits per heavy atom. The number of carbonyl (C=O) groups is 1. The van der Waals surface area contributed by atoms with Gasteiger partial charge in [-0.05, 0) is 35.9 Å². The molecule has 3 aromatic heterocycles. The Kier molecular flexibility index (Phi) is 6.09. The van der Waals surface area contributed by atoms with Crippen molar-refractivity contribution in [1.82, 2.24) is 20.2 Å². The van der Waals surface area contributed by atoms with Crippen LogP contribution in [0, 0.1) is 6.92 Å². The molecule has 29 heavy (non-hydrogen) atoms. The monoisotopic (exact) mass is 432 g/mol. The zero-order chi connectivity index (χ0) is 20.4. The Morgan fingerprint density at radius 1 is 1.34 bits per heavy atom. The van der Waals surface area contributed by atoms with Crippen LogP contribution in [0.5, 0.6) is 5.88 Å². The van der Waals surface area contributed by atoms with Crippen molar-refractivity contribution in [2.24, 2.45) is 0 Å². The molecule has 0 saturated carbocycles. The Balaban J connectivity index is 1.44. The van der Waals surface area contributed by atoms with Crippen LogP contribution in [-0.4, -0.2) is 54.6 Å². The molecule has 1 aliphatic heterocycles. The number of fused-ring (bicyclic) bond motifs is 2. The predicted molar refractivity (Wildman–Crippen MR) is 115 cm³/mol. The predicted octanol–water partition coefficient (Wildman–Crippen LogP) is 3.00. The molecule has 0 unspecified atom stereocenters. The summed E-state index contributed by atoms with van der Waals surface area (Å²) in [6.07, 6.45) is 1.10. The minimum atomic E-state index is -0.0749. The number of thiophene rings is 2. The van der Waals surface area contributed by atoms with E-state index in [1.165, 1.54) is 21.8 Å². The number of methoxy groups -OCH3 is 2. The van der Waals surface area contributed by atoms with Crippen molar-refractivity contribution in [2.75, 3.05) is 33.9 Å². The third-order valence-electron chi connectivity index (χ3n) is 5.08. The van der Waals surface area contributed by atoms with Gasteiger partial charge >= 0.3 is 0 Å². The first-order valence-electron chi connectivity index (χ1n) is 9.49. The maximum atomic E-state index is 12.8. The summed E-state index contributed by atoms with van der Waals surface area (Å²) >= 11 is 3.21. The van der Waals surface area contributed by atoms with Gasteiger partial charge < -0.3 is 14.8 Å². The molecule has 0 saturated heterocycles. The Morgan fingerprint density at radius 2 is 2.21 bits per heavy atom. The van der Waals surface area contributed by atoms with Gasteiger partial charge in [0.15, 0.2) is 5.82 Å². The first kappa shape index (κ1) is 20.2. The second kappa shape index (κ2) is 8.74. The number of hydrogen-bond acceptors (Lipinski definition) is 8. The lowest BCUT2D eigenvalue weighted by molar-refractivity contribution is 0.0951. The fourth-order valence-corrected chi connectivity index (χ4v) is 5.60. The molecule has 0 bridgehead atoms. The van der Waals surface area contributed by atoms with Crippen LogP contribution in [0.1, 0.15) is 31.5 Å². The molecule has 0 fully saturated rings. The number of ether oxygens (including phenoxy) is 2. The van der Waals surface area contributed by atoms with Gasteiger partial charge in [0.25, 0.3) is 5.91 Å². The van der Waals surface area contributed by atoms with E-state index in [0.29, 0.717) is 29.7 Å². The minimum absolute atomic E-state index is 0.0749. The molecule has 3 aromatic rings. The van der Waals surface area contributed by atoms with E-state index in [9.17, 15) is 4.79 Å². The molecule has 4 heterocycles. The molecule has 0 spiro atoms. The number of aryl methyl sites for hydroxylation is 1. The van der Waals surface area contributed by atoms with Gasteiger partial charge in [0.05, 0.1) is 17.4 Å². The van der Waals surface area contributed by atoms with E-state index in [0.717, 1.165) is 41.8 Å². The van der Waals surface area contributed by atoms with Gasteiger partial charge in [0.2, 0.25) is 5.88 Å². The average Bonchev–Trinajstić information content (AvgIpc) is 3.31. The minimum Gasteiger partial charge on any atom is -0.480 e. The van der Waals surface area contributed by atoms with Crippen LogP contribution in [0.3, 0.4) is 0 Å². The summed E-state index contributed by atoms with van der Waals surface area (Å²) < 4.78 is 10.6. The lowest BCUT2D eigenvalue weighted by atomic mass is 10.1. The Hall–Kier alpha value is -2.07. The first-order valence-corrected chi connectivity index (χ1v) is 11.2. The van der Waals surface area contributed by atoms with E-state index in [2.05, 4.69) is 31.6 Å². The molecule has 1 N–H and O–H groups in total. The highest BCUT2D eigenvalue weighted by atomic mass is 32.1. The summed E-state index contributed by atoms with van der Waals surface area (Å²) in [4.78, 5) is 27.0. The van der Waals surface area contributed by atoms with Crippen molar-refractivity contribution in [3.8, 4) is 5.88 Å². The highest BCUT2D eigenvalue weighted by molar-refractivity contribution is 7.20. The summed E-state index contributed by atoms with van der Waals surface area (Å²) in [6, 6.07) is 2.21. The maximum absolute atomic E-state index is 12.8. The number of rotatable bonds is 7. The molecule has 7 nitrogen and oxygen atoms in total. The molecule has 154 valence electrons. The van der Waals surface area contributed by atoms with Crippen LogP contribution in [0.25, 0.3) is 10.2 Å². The zero-order valence-electron chi connectivity index (χ0n) is 16.8. The molecule has 0 radical (unpaired) electrons. The van der Waals surface area contributed by atoms with Crippen molar-refractivity contribution in [1.29, 1.82) is 0 Å². The van der Waals surface area contributed by atoms with Crippen LogP contribution < -0.4 is 10.1 Å². The fraction of sp³-hybridized carbons (Fsp3) is 0.450.